The zero-order chi connectivity index (χ0) is 37.9. The maximum Gasteiger partial charge on any atom is 0.0549 e. The van der Waals surface area contributed by atoms with E-state index in [1.54, 1.807) is 0 Å². The van der Waals surface area contributed by atoms with Crippen LogP contribution in [0.25, 0.3) is 114 Å². The molecule has 0 N–H and O–H groups in total. The molecule has 0 aliphatic heterocycles. The number of para-hydroxylation sites is 5. The highest BCUT2D eigenvalue weighted by atomic mass is 32.1. The van der Waals surface area contributed by atoms with Crippen LogP contribution < -0.4 is 0 Å². The van der Waals surface area contributed by atoms with Gasteiger partial charge >= 0.3 is 0 Å². The molecule has 13 rings (SSSR count). The van der Waals surface area contributed by atoms with Gasteiger partial charge in [-0.1, -0.05) is 121 Å². The molecule has 0 spiro atoms. The van der Waals surface area contributed by atoms with Crippen LogP contribution in [-0.4, -0.2) is 13.7 Å². The minimum atomic E-state index is 1.16. The summed E-state index contributed by atoms with van der Waals surface area (Å²) in [6, 6.07) is 73.6. The van der Waals surface area contributed by atoms with E-state index < -0.39 is 0 Å². The average molecular weight is 756 g/mol. The number of rotatable bonds is 4. The second kappa shape index (κ2) is 12.1. The Morgan fingerprint density at radius 3 is 1.60 bits per heavy atom. The molecule has 0 fully saturated rings. The van der Waals surface area contributed by atoms with Gasteiger partial charge in [0.25, 0.3) is 0 Å². The molecule has 13 aromatic rings. The molecule has 58 heavy (non-hydrogen) atoms. The van der Waals surface area contributed by atoms with Crippen LogP contribution in [0.1, 0.15) is 0 Å². The highest BCUT2D eigenvalue weighted by Crippen LogP contribution is 2.45. The van der Waals surface area contributed by atoms with Crippen LogP contribution in [0.3, 0.4) is 0 Å². The van der Waals surface area contributed by atoms with E-state index in [2.05, 4.69) is 214 Å². The first-order valence-corrected chi connectivity index (χ1v) is 20.7. The SMILES string of the molecule is c1ccc(-n2c3ccccc3c3cc(-c4ccccc4-n4c5ccccc5c5c6c7ccccc7n(-c7ccc8c(c7)sc7ccccc78)c6ccc54)ccc32)cc1. The van der Waals surface area contributed by atoms with E-state index >= 15 is 0 Å². The van der Waals surface area contributed by atoms with Crippen LogP contribution in [0.5, 0.6) is 0 Å². The van der Waals surface area contributed by atoms with E-state index in [-0.39, 0.29) is 0 Å². The molecule has 0 bridgehead atoms. The predicted molar refractivity (Wildman–Crippen MR) is 248 cm³/mol. The summed E-state index contributed by atoms with van der Waals surface area (Å²) >= 11 is 1.87. The third-order valence-electron chi connectivity index (χ3n) is 12.2. The van der Waals surface area contributed by atoms with Crippen LogP contribution in [-0.2, 0) is 0 Å². The van der Waals surface area contributed by atoms with Crippen molar-refractivity contribution in [3.05, 3.63) is 200 Å². The normalized spacial score (nSPS) is 12.1. The van der Waals surface area contributed by atoms with E-state index in [0.717, 1.165) is 5.69 Å². The lowest BCUT2D eigenvalue weighted by atomic mass is 10.0. The van der Waals surface area contributed by atoms with Crippen molar-refractivity contribution in [3.63, 3.8) is 0 Å². The predicted octanol–water partition coefficient (Wildman–Crippen LogP) is 15.0. The van der Waals surface area contributed by atoms with Crippen molar-refractivity contribution in [2.24, 2.45) is 0 Å². The fraction of sp³-hybridized carbons (Fsp3) is 0. The average Bonchev–Trinajstić information content (AvgIpc) is 4.02. The molecule has 4 heterocycles. The fourth-order valence-electron chi connectivity index (χ4n) is 9.82. The summed E-state index contributed by atoms with van der Waals surface area (Å²) in [5.74, 6) is 0. The number of benzene rings is 9. The Bertz CT molecular complexity index is 3800. The quantitative estimate of drug-likeness (QED) is 0.170. The smallest absolute Gasteiger partial charge is 0.0549 e. The molecule has 9 aromatic carbocycles. The van der Waals surface area contributed by atoms with Crippen LogP contribution in [0, 0.1) is 0 Å². The summed E-state index contributed by atoms with van der Waals surface area (Å²) in [6.45, 7) is 0. The zero-order valence-corrected chi connectivity index (χ0v) is 32.1. The summed E-state index contributed by atoms with van der Waals surface area (Å²) in [6.07, 6.45) is 0. The Morgan fingerprint density at radius 2 is 0.828 bits per heavy atom. The number of hydrogen-bond acceptors (Lipinski definition) is 1. The third kappa shape index (κ3) is 4.38. The van der Waals surface area contributed by atoms with Crippen LogP contribution in [0.2, 0.25) is 0 Å². The number of thiophene rings is 1. The van der Waals surface area contributed by atoms with Gasteiger partial charge in [0.05, 0.1) is 38.8 Å². The summed E-state index contributed by atoms with van der Waals surface area (Å²) in [5.41, 5.74) is 13.1. The largest absolute Gasteiger partial charge is 0.309 e. The van der Waals surface area contributed by atoms with Gasteiger partial charge in [-0.3, -0.25) is 0 Å². The standard InChI is InChI=1S/C54H33N3S/c1-2-14-35(15-3-1)55-45-22-10-5-17-38(45)43-32-34(26-29-48(43)55)37-16-4-9-21-44(37)57-47-24-12-7-20-42(47)54-50(57)31-30-49-53(54)41-19-6-11-23-46(41)56(49)36-27-28-40-39-18-8-13-25-51(39)58-52(40)33-36/h1-33H. The first-order valence-electron chi connectivity index (χ1n) is 19.9. The Morgan fingerprint density at radius 1 is 0.293 bits per heavy atom. The minimum Gasteiger partial charge on any atom is -0.309 e. The molecule has 0 saturated heterocycles. The van der Waals surface area contributed by atoms with Gasteiger partial charge in [-0.25, -0.2) is 0 Å². The Labute approximate surface area is 337 Å². The Kier molecular flexibility index (Phi) is 6.60. The van der Waals surface area contributed by atoms with E-state index in [0.29, 0.717) is 0 Å². The third-order valence-corrected chi connectivity index (χ3v) is 13.4. The molecule has 270 valence electrons. The van der Waals surface area contributed by atoms with Crippen LogP contribution in [0.4, 0.5) is 0 Å². The Balaban J connectivity index is 1.06. The van der Waals surface area contributed by atoms with Crippen molar-refractivity contribution in [1.82, 2.24) is 13.7 Å². The van der Waals surface area contributed by atoms with Crippen LogP contribution >= 0.6 is 11.3 Å². The minimum absolute atomic E-state index is 1.16. The molecular formula is C54H33N3S. The van der Waals surface area contributed by atoms with Crippen LogP contribution in [0.15, 0.2) is 200 Å². The lowest BCUT2D eigenvalue weighted by Gasteiger charge is -2.15. The van der Waals surface area contributed by atoms with Gasteiger partial charge in [0.15, 0.2) is 0 Å². The zero-order valence-electron chi connectivity index (χ0n) is 31.3. The van der Waals surface area contributed by atoms with E-state index in [1.165, 1.54) is 108 Å². The van der Waals surface area contributed by atoms with Gasteiger partial charge < -0.3 is 13.7 Å². The van der Waals surface area contributed by atoms with Crippen molar-refractivity contribution in [1.29, 1.82) is 0 Å². The molecule has 0 aliphatic rings. The fourth-order valence-corrected chi connectivity index (χ4v) is 11.0. The maximum atomic E-state index is 2.49. The molecule has 4 heteroatoms. The maximum absolute atomic E-state index is 2.49. The van der Waals surface area contributed by atoms with Crippen molar-refractivity contribution in [2.75, 3.05) is 0 Å². The molecule has 0 saturated carbocycles. The topological polar surface area (TPSA) is 14.8 Å². The molecule has 0 radical (unpaired) electrons. The second-order valence-corrected chi connectivity index (χ2v) is 16.4. The summed E-state index contributed by atoms with van der Waals surface area (Å²) in [7, 11) is 0. The van der Waals surface area contributed by atoms with Gasteiger partial charge in [0, 0.05) is 69.4 Å². The van der Waals surface area contributed by atoms with Gasteiger partial charge in [-0.2, -0.15) is 0 Å². The van der Waals surface area contributed by atoms with Gasteiger partial charge in [0.2, 0.25) is 0 Å². The summed E-state index contributed by atoms with van der Waals surface area (Å²) in [4.78, 5) is 0. The lowest BCUT2D eigenvalue weighted by molar-refractivity contribution is 1.17. The van der Waals surface area contributed by atoms with E-state index in [4.69, 9.17) is 0 Å². The van der Waals surface area contributed by atoms with Crippen molar-refractivity contribution in [3.8, 4) is 28.2 Å². The molecule has 0 amide bonds. The van der Waals surface area contributed by atoms with Gasteiger partial charge in [-0.05, 0) is 84.4 Å². The van der Waals surface area contributed by atoms with Crippen molar-refractivity contribution < 1.29 is 0 Å². The number of hydrogen-bond donors (Lipinski definition) is 0. The monoisotopic (exact) mass is 755 g/mol. The molecule has 3 nitrogen and oxygen atoms in total. The summed E-state index contributed by atoms with van der Waals surface area (Å²) < 4.78 is 9.98. The van der Waals surface area contributed by atoms with Gasteiger partial charge in [-0.15, -0.1) is 11.3 Å². The molecular weight excluding hydrogens is 723 g/mol. The number of fused-ring (bicyclic) bond motifs is 13. The van der Waals surface area contributed by atoms with Crippen molar-refractivity contribution >= 4 is 96.9 Å². The highest BCUT2D eigenvalue weighted by molar-refractivity contribution is 7.25. The second-order valence-electron chi connectivity index (χ2n) is 15.3. The molecule has 0 unspecified atom stereocenters. The Hall–Kier alpha value is -7.40. The highest BCUT2D eigenvalue weighted by Gasteiger charge is 2.22. The lowest BCUT2D eigenvalue weighted by Crippen LogP contribution is -1.97. The molecule has 4 aromatic heterocycles. The summed E-state index contributed by atoms with van der Waals surface area (Å²) in [5, 5.41) is 10.2. The first kappa shape index (κ1) is 31.8. The first-order chi connectivity index (χ1) is 28.8. The van der Waals surface area contributed by atoms with Gasteiger partial charge in [0.1, 0.15) is 0 Å². The number of aromatic nitrogens is 3. The van der Waals surface area contributed by atoms with E-state index in [1.807, 2.05) is 11.3 Å². The molecule has 0 aliphatic carbocycles. The molecule has 0 atom stereocenters. The van der Waals surface area contributed by atoms with Crippen molar-refractivity contribution in [2.45, 2.75) is 0 Å². The number of nitrogens with zero attached hydrogens (tertiary/aromatic N) is 3. The van der Waals surface area contributed by atoms with E-state index in [9.17, 15) is 0 Å².